The molecule has 1 rings (SSSR count). The molecule has 1 unspecified atom stereocenters. The quantitative estimate of drug-likeness (QED) is 0.490. The second kappa shape index (κ2) is 11.3. The lowest BCUT2D eigenvalue weighted by Crippen LogP contribution is -2.22. The van der Waals surface area contributed by atoms with Crippen LogP contribution in [-0.4, -0.2) is 11.5 Å². The molecule has 1 N–H and O–H groups in total. The average Bonchev–Trinajstić information content (AvgIpc) is 2.45. The van der Waals surface area contributed by atoms with E-state index in [1.54, 1.807) is 12.3 Å². The van der Waals surface area contributed by atoms with Gasteiger partial charge in [-0.25, -0.2) is 0 Å². The molecule has 1 atom stereocenters. The van der Waals surface area contributed by atoms with Crippen LogP contribution in [0.4, 0.5) is 0 Å². The number of unbranched alkanes of at least 4 members (excludes halogenated alkanes) is 6. The number of aromatic nitrogens is 1. The van der Waals surface area contributed by atoms with E-state index in [1.807, 2.05) is 0 Å². The minimum atomic E-state index is 0.232. The van der Waals surface area contributed by atoms with Crippen molar-refractivity contribution in [3.05, 3.63) is 28.0 Å². The third-order valence-corrected chi connectivity index (χ3v) is 4.22. The predicted molar refractivity (Wildman–Crippen MR) is 93.3 cm³/mol. The smallest absolute Gasteiger partial charge is 0.0760 e. The van der Waals surface area contributed by atoms with Gasteiger partial charge in [0.2, 0.25) is 0 Å². The van der Waals surface area contributed by atoms with Crippen LogP contribution in [0.25, 0.3) is 0 Å². The van der Waals surface area contributed by atoms with Gasteiger partial charge in [0, 0.05) is 6.20 Å². The van der Waals surface area contributed by atoms with Crippen molar-refractivity contribution >= 4 is 23.2 Å². The summed E-state index contributed by atoms with van der Waals surface area (Å²) in [7, 11) is 0. The molecular weight excluding hydrogens is 303 g/mol. The first-order valence-corrected chi connectivity index (χ1v) is 8.99. The second-order valence-corrected chi connectivity index (χ2v) is 6.38. The largest absolute Gasteiger partial charge is 0.309 e. The van der Waals surface area contributed by atoms with E-state index in [1.165, 1.54) is 44.9 Å². The Kier molecular flexibility index (Phi) is 10.1. The molecule has 2 nitrogen and oxygen atoms in total. The molecule has 1 heterocycles. The first-order valence-electron chi connectivity index (χ1n) is 8.23. The number of hydrogen-bond acceptors (Lipinski definition) is 2. The summed E-state index contributed by atoms with van der Waals surface area (Å²) in [5.74, 6) is 0. The highest BCUT2D eigenvalue weighted by Crippen LogP contribution is 2.27. The highest BCUT2D eigenvalue weighted by molar-refractivity contribution is 6.34. The van der Waals surface area contributed by atoms with E-state index < -0.39 is 0 Å². The van der Waals surface area contributed by atoms with Crippen molar-refractivity contribution in [1.82, 2.24) is 10.3 Å². The highest BCUT2D eigenvalue weighted by Gasteiger charge is 2.15. The van der Waals surface area contributed by atoms with Crippen LogP contribution in [-0.2, 0) is 0 Å². The van der Waals surface area contributed by atoms with Crippen LogP contribution in [0, 0.1) is 0 Å². The van der Waals surface area contributed by atoms with Gasteiger partial charge < -0.3 is 5.32 Å². The Balaban J connectivity index is 2.39. The van der Waals surface area contributed by atoms with Crippen LogP contribution >= 0.6 is 23.2 Å². The zero-order chi connectivity index (χ0) is 15.5. The van der Waals surface area contributed by atoms with E-state index in [-0.39, 0.29) is 6.04 Å². The molecule has 0 aliphatic heterocycles. The second-order valence-electron chi connectivity index (χ2n) is 5.54. The van der Waals surface area contributed by atoms with E-state index >= 15 is 0 Å². The predicted octanol–water partition coefficient (Wildman–Crippen LogP) is 6.18. The van der Waals surface area contributed by atoms with Crippen LogP contribution < -0.4 is 5.32 Å². The fourth-order valence-corrected chi connectivity index (χ4v) is 3.08. The number of rotatable bonds is 11. The van der Waals surface area contributed by atoms with Crippen molar-refractivity contribution in [3.63, 3.8) is 0 Å². The zero-order valence-corrected chi connectivity index (χ0v) is 14.8. The number of hydrogen-bond donors (Lipinski definition) is 1. The summed E-state index contributed by atoms with van der Waals surface area (Å²) in [5.41, 5.74) is 0.925. The van der Waals surface area contributed by atoms with E-state index in [0.29, 0.717) is 10.0 Å². The third-order valence-electron chi connectivity index (χ3n) is 3.71. The molecule has 0 radical (unpaired) electrons. The Labute approximate surface area is 139 Å². The van der Waals surface area contributed by atoms with Crippen LogP contribution in [0.5, 0.6) is 0 Å². The molecule has 21 heavy (non-hydrogen) atoms. The fraction of sp³-hybridized carbons (Fsp3) is 0.706. The molecule has 0 amide bonds. The minimum absolute atomic E-state index is 0.232. The summed E-state index contributed by atoms with van der Waals surface area (Å²) < 4.78 is 0. The average molecular weight is 331 g/mol. The van der Waals surface area contributed by atoms with E-state index in [0.717, 1.165) is 18.7 Å². The van der Waals surface area contributed by atoms with Gasteiger partial charge in [0.05, 0.1) is 21.8 Å². The van der Waals surface area contributed by atoms with Gasteiger partial charge >= 0.3 is 0 Å². The van der Waals surface area contributed by atoms with Crippen molar-refractivity contribution in [3.8, 4) is 0 Å². The van der Waals surface area contributed by atoms with E-state index in [2.05, 4.69) is 24.1 Å². The lowest BCUT2D eigenvalue weighted by atomic mass is 10.0. The molecule has 0 aliphatic carbocycles. The maximum absolute atomic E-state index is 6.27. The number of halogens is 2. The molecule has 0 spiro atoms. The molecule has 120 valence electrons. The topological polar surface area (TPSA) is 24.9 Å². The molecular formula is C17H28Cl2N2. The van der Waals surface area contributed by atoms with Gasteiger partial charge in [-0.3, -0.25) is 4.98 Å². The van der Waals surface area contributed by atoms with Gasteiger partial charge in [-0.1, -0.05) is 82.0 Å². The molecule has 4 heteroatoms. The lowest BCUT2D eigenvalue weighted by Gasteiger charge is -2.18. The Bertz CT molecular complexity index is 396. The van der Waals surface area contributed by atoms with Crippen molar-refractivity contribution in [2.45, 2.75) is 71.3 Å². The van der Waals surface area contributed by atoms with Crippen LogP contribution in [0.1, 0.15) is 76.9 Å². The number of nitrogens with one attached hydrogen (secondary N) is 1. The number of nitrogens with zero attached hydrogens (tertiary/aromatic N) is 1. The summed E-state index contributed by atoms with van der Waals surface area (Å²) in [6.07, 6.45) is 12.0. The van der Waals surface area contributed by atoms with Crippen molar-refractivity contribution in [2.24, 2.45) is 0 Å². The van der Waals surface area contributed by atoms with Crippen molar-refractivity contribution in [2.75, 3.05) is 6.54 Å². The van der Waals surface area contributed by atoms with Gasteiger partial charge in [-0.2, -0.15) is 0 Å². The standard InChI is InChI=1S/C17H28Cl2N2/c1-3-5-6-7-8-9-10-11-16(20-4-2)17-15(19)12-14(18)13-21-17/h12-13,16,20H,3-11H2,1-2H3. The van der Waals surface area contributed by atoms with Crippen molar-refractivity contribution < 1.29 is 0 Å². The minimum Gasteiger partial charge on any atom is -0.309 e. The van der Waals surface area contributed by atoms with Crippen LogP contribution in [0.3, 0.4) is 0 Å². The van der Waals surface area contributed by atoms with Gasteiger partial charge in [0.15, 0.2) is 0 Å². The van der Waals surface area contributed by atoms with Gasteiger partial charge in [0.1, 0.15) is 0 Å². The molecule has 0 saturated carbocycles. The Hall–Kier alpha value is -0.310. The normalized spacial score (nSPS) is 12.6. The lowest BCUT2D eigenvalue weighted by molar-refractivity contribution is 0.467. The highest BCUT2D eigenvalue weighted by atomic mass is 35.5. The van der Waals surface area contributed by atoms with Gasteiger partial charge in [-0.05, 0) is 19.0 Å². The first-order chi connectivity index (χ1) is 10.2. The first kappa shape index (κ1) is 18.7. The van der Waals surface area contributed by atoms with Crippen LogP contribution in [0.2, 0.25) is 10.0 Å². The third kappa shape index (κ3) is 7.49. The van der Waals surface area contributed by atoms with Gasteiger partial charge in [-0.15, -0.1) is 0 Å². The SMILES string of the molecule is CCCCCCCCCC(NCC)c1ncc(Cl)cc1Cl. The summed E-state index contributed by atoms with van der Waals surface area (Å²) in [6.45, 7) is 5.28. The molecule has 1 aromatic heterocycles. The Morgan fingerprint density at radius 3 is 2.33 bits per heavy atom. The van der Waals surface area contributed by atoms with E-state index in [9.17, 15) is 0 Å². The maximum atomic E-state index is 6.27. The van der Waals surface area contributed by atoms with E-state index in [4.69, 9.17) is 23.2 Å². The Morgan fingerprint density at radius 2 is 1.71 bits per heavy atom. The Morgan fingerprint density at radius 1 is 1.05 bits per heavy atom. The molecule has 1 aromatic rings. The summed E-state index contributed by atoms with van der Waals surface area (Å²) in [6, 6.07) is 2.01. The summed E-state index contributed by atoms with van der Waals surface area (Å²) in [5, 5.41) is 4.74. The van der Waals surface area contributed by atoms with Gasteiger partial charge in [0.25, 0.3) is 0 Å². The van der Waals surface area contributed by atoms with Crippen molar-refractivity contribution in [1.29, 1.82) is 0 Å². The molecule has 0 aliphatic rings. The summed E-state index contributed by atoms with van der Waals surface area (Å²) >= 11 is 12.2. The molecule has 0 saturated heterocycles. The molecule has 0 aromatic carbocycles. The fourth-order valence-electron chi connectivity index (χ4n) is 2.57. The number of pyridine rings is 1. The molecule has 0 fully saturated rings. The summed E-state index contributed by atoms with van der Waals surface area (Å²) in [4.78, 5) is 4.41. The monoisotopic (exact) mass is 330 g/mol. The maximum Gasteiger partial charge on any atom is 0.0760 e. The van der Waals surface area contributed by atoms with Crippen LogP contribution in [0.15, 0.2) is 12.3 Å². The molecule has 0 bridgehead atoms. The zero-order valence-electron chi connectivity index (χ0n) is 13.3.